The first-order chi connectivity index (χ1) is 10.2. The van der Waals surface area contributed by atoms with Crippen LogP contribution in [0.5, 0.6) is 0 Å². The summed E-state index contributed by atoms with van der Waals surface area (Å²) in [6.07, 6.45) is -1.34. The fraction of sp³-hybridized carbons (Fsp3) is 0.600. The van der Waals surface area contributed by atoms with Gasteiger partial charge in [-0.15, -0.1) is 12.4 Å². The van der Waals surface area contributed by atoms with Gasteiger partial charge in [0.05, 0.1) is 22.7 Å². The van der Waals surface area contributed by atoms with Crippen molar-refractivity contribution in [2.45, 2.75) is 50.4 Å². The van der Waals surface area contributed by atoms with Crippen molar-refractivity contribution in [3.8, 4) is 0 Å². The van der Waals surface area contributed by atoms with E-state index in [2.05, 4.69) is 0 Å². The Morgan fingerprint density at radius 1 is 1.17 bits per heavy atom. The van der Waals surface area contributed by atoms with E-state index in [0.29, 0.717) is 12.1 Å². The molecule has 1 aliphatic carbocycles. The Labute approximate surface area is 143 Å². The van der Waals surface area contributed by atoms with Crippen LogP contribution in [0.1, 0.15) is 49.3 Å². The maximum absolute atomic E-state index is 14.1. The molecule has 0 heterocycles. The molecule has 2 nitrogen and oxygen atoms in total. The second kappa shape index (κ2) is 8.01. The molecule has 0 radical (unpaired) electrons. The molecule has 8 heteroatoms. The topological polar surface area (TPSA) is 46.2 Å². The predicted molar refractivity (Wildman–Crippen MR) is 83.2 cm³/mol. The molecular formula is C15H19Cl2F4NO. The molecule has 0 saturated heterocycles. The second-order valence-electron chi connectivity index (χ2n) is 5.77. The van der Waals surface area contributed by atoms with Gasteiger partial charge in [0.25, 0.3) is 0 Å². The number of rotatable bonds is 3. The Balaban J connectivity index is 0.00000264. The lowest BCUT2D eigenvalue weighted by molar-refractivity contribution is -0.137. The highest BCUT2D eigenvalue weighted by Crippen LogP contribution is 2.37. The molecule has 2 rings (SSSR count). The molecule has 0 aromatic heterocycles. The van der Waals surface area contributed by atoms with Crippen molar-refractivity contribution in [1.82, 2.24) is 0 Å². The summed E-state index contributed by atoms with van der Waals surface area (Å²) in [6.45, 7) is 0. The molecule has 2 atom stereocenters. The molecule has 1 fully saturated rings. The van der Waals surface area contributed by atoms with E-state index in [0.717, 1.165) is 32.1 Å². The normalized spacial score (nSPS) is 19.1. The summed E-state index contributed by atoms with van der Waals surface area (Å²) in [6, 6.07) is -0.0687. The van der Waals surface area contributed by atoms with E-state index in [1.165, 1.54) is 0 Å². The van der Waals surface area contributed by atoms with Gasteiger partial charge in [0.15, 0.2) is 0 Å². The summed E-state index contributed by atoms with van der Waals surface area (Å²) in [5.74, 6) is -1.13. The Bertz CT molecular complexity index is 533. The van der Waals surface area contributed by atoms with Crippen LogP contribution in [0.3, 0.4) is 0 Å². The van der Waals surface area contributed by atoms with Crippen molar-refractivity contribution in [2.75, 3.05) is 0 Å². The van der Waals surface area contributed by atoms with E-state index in [1.807, 2.05) is 0 Å². The molecule has 0 unspecified atom stereocenters. The van der Waals surface area contributed by atoms with Crippen molar-refractivity contribution < 1.29 is 22.7 Å². The van der Waals surface area contributed by atoms with E-state index in [4.69, 9.17) is 17.3 Å². The van der Waals surface area contributed by atoms with E-state index < -0.39 is 40.3 Å². The first kappa shape index (κ1) is 20.5. The zero-order chi connectivity index (χ0) is 16.5. The van der Waals surface area contributed by atoms with Crippen LogP contribution in [0.25, 0.3) is 0 Å². The molecule has 3 N–H and O–H groups in total. The Kier molecular flexibility index (Phi) is 7.13. The summed E-state index contributed by atoms with van der Waals surface area (Å²) >= 11 is 5.55. The molecule has 1 aromatic rings. The van der Waals surface area contributed by atoms with Crippen molar-refractivity contribution in [1.29, 1.82) is 0 Å². The van der Waals surface area contributed by atoms with Crippen LogP contribution < -0.4 is 5.73 Å². The number of aliphatic hydroxyl groups excluding tert-OH is 1. The molecule has 1 aromatic carbocycles. The van der Waals surface area contributed by atoms with Crippen LogP contribution >= 0.6 is 24.0 Å². The minimum absolute atomic E-state index is 0. The highest BCUT2D eigenvalue weighted by molar-refractivity contribution is 6.30. The maximum Gasteiger partial charge on any atom is 0.416 e. The van der Waals surface area contributed by atoms with Crippen LogP contribution in [0.15, 0.2) is 12.1 Å². The van der Waals surface area contributed by atoms with Crippen molar-refractivity contribution in [3.05, 3.63) is 34.1 Å². The number of nitrogens with two attached hydrogens (primary N) is 1. The lowest BCUT2D eigenvalue weighted by Gasteiger charge is -2.31. The largest absolute Gasteiger partial charge is 0.416 e. The first-order valence-corrected chi connectivity index (χ1v) is 7.59. The number of benzene rings is 1. The van der Waals surface area contributed by atoms with Crippen LogP contribution in [0, 0.1) is 11.7 Å². The third-order valence-corrected chi connectivity index (χ3v) is 4.52. The molecule has 0 spiro atoms. The Hall–Kier alpha value is -0.560. The minimum atomic E-state index is -4.65. The first-order valence-electron chi connectivity index (χ1n) is 7.21. The summed E-state index contributed by atoms with van der Waals surface area (Å²) in [5, 5.41) is 9.65. The molecule has 132 valence electrons. The fourth-order valence-electron chi connectivity index (χ4n) is 2.97. The summed E-state index contributed by atoms with van der Waals surface area (Å²) in [7, 11) is 0. The number of alkyl halides is 3. The highest BCUT2D eigenvalue weighted by Gasteiger charge is 2.35. The number of hydrogen-bond acceptors (Lipinski definition) is 2. The summed E-state index contributed by atoms with van der Waals surface area (Å²) in [4.78, 5) is 0. The van der Waals surface area contributed by atoms with E-state index in [1.54, 1.807) is 0 Å². The average molecular weight is 376 g/mol. The Morgan fingerprint density at radius 2 is 1.74 bits per heavy atom. The van der Waals surface area contributed by atoms with Gasteiger partial charge in [-0.3, -0.25) is 0 Å². The molecule has 1 aliphatic rings. The van der Waals surface area contributed by atoms with Gasteiger partial charge in [0.2, 0.25) is 0 Å². The smallest absolute Gasteiger partial charge is 0.391 e. The van der Waals surface area contributed by atoms with Gasteiger partial charge in [0.1, 0.15) is 5.82 Å². The van der Waals surface area contributed by atoms with Gasteiger partial charge in [-0.2, -0.15) is 13.2 Å². The van der Waals surface area contributed by atoms with Gasteiger partial charge in [0, 0.05) is 5.56 Å². The lowest BCUT2D eigenvalue weighted by atomic mass is 9.81. The number of halogens is 6. The van der Waals surface area contributed by atoms with Crippen molar-refractivity contribution in [3.63, 3.8) is 0 Å². The van der Waals surface area contributed by atoms with Gasteiger partial charge < -0.3 is 10.8 Å². The summed E-state index contributed by atoms with van der Waals surface area (Å²) in [5.41, 5.74) is 4.38. The van der Waals surface area contributed by atoms with Crippen LogP contribution in [-0.2, 0) is 6.18 Å². The molecule has 23 heavy (non-hydrogen) atoms. The van der Waals surface area contributed by atoms with Crippen LogP contribution in [-0.4, -0.2) is 11.2 Å². The zero-order valence-electron chi connectivity index (χ0n) is 12.2. The molecule has 0 bridgehead atoms. The number of aliphatic hydroxyl groups is 1. The number of hydrogen-bond donors (Lipinski definition) is 2. The SMILES string of the molecule is Cl.N[C@H](c1cc(C(F)(F)F)cc(Cl)c1F)[C@@H](O)C1CCCCC1. The molecule has 0 amide bonds. The Morgan fingerprint density at radius 3 is 2.26 bits per heavy atom. The summed E-state index contributed by atoms with van der Waals surface area (Å²) < 4.78 is 52.5. The second-order valence-corrected chi connectivity index (χ2v) is 6.18. The standard InChI is InChI=1S/C15H18ClF4NO.ClH/c16-11-7-9(15(18,19)20)6-10(12(11)17)13(21)14(22)8-4-2-1-3-5-8;/h6-8,13-14,22H,1-5,21H2;1H/t13-,14+;/m1./s1. The van der Waals surface area contributed by atoms with Gasteiger partial charge >= 0.3 is 6.18 Å². The third-order valence-electron chi connectivity index (χ3n) is 4.24. The fourth-order valence-corrected chi connectivity index (χ4v) is 3.20. The molecule has 0 aliphatic heterocycles. The van der Waals surface area contributed by atoms with Gasteiger partial charge in [-0.25, -0.2) is 4.39 Å². The highest BCUT2D eigenvalue weighted by atomic mass is 35.5. The van der Waals surface area contributed by atoms with E-state index >= 15 is 0 Å². The minimum Gasteiger partial charge on any atom is -0.391 e. The zero-order valence-corrected chi connectivity index (χ0v) is 13.8. The van der Waals surface area contributed by atoms with Gasteiger partial charge in [-0.1, -0.05) is 30.9 Å². The quantitative estimate of drug-likeness (QED) is 0.740. The van der Waals surface area contributed by atoms with Gasteiger partial charge in [-0.05, 0) is 30.9 Å². The average Bonchev–Trinajstić information content (AvgIpc) is 2.48. The molecular weight excluding hydrogens is 357 g/mol. The van der Waals surface area contributed by atoms with Crippen LogP contribution in [0.2, 0.25) is 5.02 Å². The lowest BCUT2D eigenvalue weighted by Crippen LogP contribution is -2.35. The van der Waals surface area contributed by atoms with E-state index in [9.17, 15) is 22.7 Å². The van der Waals surface area contributed by atoms with Crippen LogP contribution in [0.4, 0.5) is 17.6 Å². The predicted octanol–water partition coefficient (Wildman–Crippen LogP) is 4.86. The third kappa shape index (κ3) is 4.72. The van der Waals surface area contributed by atoms with Crippen molar-refractivity contribution in [2.24, 2.45) is 11.7 Å². The monoisotopic (exact) mass is 375 g/mol. The van der Waals surface area contributed by atoms with Crippen molar-refractivity contribution >= 4 is 24.0 Å². The molecule has 1 saturated carbocycles. The van der Waals surface area contributed by atoms with E-state index in [-0.39, 0.29) is 18.3 Å². The maximum atomic E-state index is 14.1.